The maximum atomic E-state index is 13.3. The van der Waals surface area contributed by atoms with Gasteiger partial charge in [0.05, 0.1) is 6.10 Å². The Morgan fingerprint density at radius 1 is 0.926 bits per heavy atom. The Kier molecular flexibility index (Phi) is 5.85. The molecule has 0 aromatic heterocycles. The van der Waals surface area contributed by atoms with Crippen LogP contribution in [-0.4, -0.2) is 61.1 Å². The first-order valence-corrected chi connectivity index (χ1v) is 10.1. The predicted octanol–water partition coefficient (Wildman–Crippen LogP) is 3.68. The molecule has 0 saturated carbocycles. The molecule has 142 valence electrons. The SMILES string of the molecule is O=C(c1ccccc1-c1ccccc1)N1CCCN(CC2CCCO2)CC1. The number of hydrogen-bond acceptors (Lipinski definition) is 3. The van der Waals surface area contributed by atoms with Crippen LogP contribution in [0.2, 0.25) is 0 Å². The summed E-state index contributed by atoms with van der Waals surface area (Å²) in [5.41, 5.74) is 2.91. The average Bonchev–Trinajstić information content (AvgIpc) is 3.12. The van der Waals surface area contributed by atoms with Gasteiger partial charge < -0.3 is 9.64 Å². The fourth-order valence-electron chi connectivity index (χ4n) is 4.14. The van der Waals surface area contributed by atoms with Gasteiger partial charge in [0.1, 0.15) is 0 Å². The van der Waals surface area contributed by atoms with E-state index in [1.54, 1.807) is 0 Å². The number of ether oxygens (including phenoxy) is 1. The Morgan fingerprint density at radius 3 is 2.56 bits per heavy atom. The number of nitrogens with zero attached hydrogens (tertiary/aromatic N) is 2. The average molecular weight is 364 g/mol. The molecule has 1 amide bonds. The first-order valence-electron chi connectivity index (χ1n) is 10.1. The van der Waals surface area contributed by atoms with Gasteiger partial charge in [0.2, 0.25) is 0 Å². The molecule has 2 aliphatic rings. The van der Waals surface area contributed by atoms with Crippen molar-refractivity contribution in [3.8, 4) is 11.1 Å². The van der Waals surface area contributed by atoms with E-state index < -0.39 is 0 Å². The molecule has 1 atom stereocenters. The van der Waals surface area contributed by atoms with E-state index >= 15 is 0 Å². The molecule has 0 spiro atoms. The number of benzene rings is 2. The number of hydrogen-bond donors (Lipinski definition) is 0. The van der Waals surface area contributed by atoms with Gasteiger partial charge in [0, 0.05) is 38.3 Å². The fourth-order valence-corrected chi connectivity index (χ4v) is 4.14. The van der Waals surface area contributed by atoms with Crippen molar-refractivity contribution in [2.45, 2.75) is 25.4 Å². The van der Waals surface area contributed by atoms with Gasteiger partial charge in [-0.2, -0.15) is 0 Å². The Morgan fingerprint density at radius 2 is 1.74 bits per heavy atom. The summed E-state index contributed by atoms with van der Waals surface area (Å²) < 4.78 is 5.78. The fraction of sp³-hybridized carbons (Fsp3) is 0.435. The van der Waals surface area contributed by atoms with Crippen LogP contribution in [0.5, 0.6) is 0 Å². The largest absolute Gasteiger partial charge is 0.377 e. The van der Waals surface area contributed by atoms with Crippen molar-refractivity contribution in [1.29, 1.82) is 0 Å². The lowest BCUT2D eigenvalue weighted by Gasteiger charge is -2.24. The van der Waals surface area contributed by atoms with Gasteiger partial charge in [-0.15, -0.1) is 0 Å². The van der Waals surface area contributed by atoms with Gasteiger partial charge >= 0.3 is 0 Å². The molecular formula is C23H28N2O2. The van der Waals surface area contributed by atoms with Crippen LogP contribution in [0.25, 0.3) is 11.1 Å². The Labute approximate surface area is 161 Å². The normalized spacial score (nSPS) is 21.2. The topological polar surface area (TPSA) is 32.8 Å². The molecule has 1 unspecified atom stereocenters. The lowest BCUT2D eigenvalue weighted by molar-refractivity contribution is 0.0704. The molecule has 27 heavy (non-hydrogen) atoms. The maximum absolute atomic E-state index is 13.3. The third kappa shape index (κ3) is 4.40. The monoisotopic (exact) mass is 364 g/mol. The Hall–Kier alpha value is -2.17. The van der Waals surface area contributed by atoms with Crippen LogP contribution in [0.15, 0.2) is 54.6 Å². The van der Waals surface area contributed by atoms with E-state index in [1.165, 1.54) is 12.8 Å². The predicted molar refractivity (Wildman–Crippen MR) is 108 cm³/mol. The van der Waals surface area contributed by atoms with Crippen LogP contribution in [0, 0.1) is 0 Å². The van der Waals surface area contributed by atoms with Crippen molar-refractivity contribution < 1.29 is 9.53 Å². The lowest BCUT2D eigenvalue weighted by Crippen LogP contribution is -2.37. The van der Waals surface area contributed by atoms with E-state index in [4.69, 9.17) is 4.74 Å². The minimum atomic E-state index is 0.147. The van der Waals surface area contributed by atoms with Crippen molar-refractivity contribution in [2.75, 3.05) is 39.3 Å². The standard InChI is InChI=1S/C23H28N2O2/c26-23(22-12-5-4-11-21(22)19-8-2-1-3-9-19)25-14-7-13-24(15-16-25)18-20-10-6-17-27-20/h1-5,8-9,11-12,20H,6-7,10,13-18H2. The quantitative estimate of drug-likeness (QED) is 0.830. The van der Waals surface area contributed by atoms with Crippen LogP contribution in [0.1, 0.15) is 29.6 Å². The highest BCUT2D eigenvalue weighted by atomic mass is 16.5. The van der Waals surface area contributed by atoms with Gasteiger partial charge in [-0.3, -0.25) is 9.69 Å². The molecule has 4 heteroatoms. The molecular weight excluding hydrogens is 336 g/mol. The minimum Gasteiger partial charge on any atom is -0.377 e. The van der Waals surface area contributed by atoms with Gasteiger partial charge in [-0.25, -0.2) is 0 Å². The lowest BCUT2D eigenvalue weighted by atomic mass is 9.99. The molecule has 4 nitrogen and oxygen atoms in total. The molecule has 2 saturated heterocycles. The third-order valence-corrected chi connectivity index (χ3v) is 5.60. The summed E-state index contributed by atoms with van der Waals surface area (Å²) in [6.07, 6.45) is 3.75. The van der Waals surface area contributed by atoms with E-state index in [0.29, 0.717) is 6.10 Å². The Balaban J connectivity index is 1.45. The summed E-state index contributed by atoms with van der Waals surface area (Å²) in [6, 6.07) is 18.1. The van der Waals surface area contributed by atoms with E-state index in [0.717, 1.165) is 62.4 Å². The van der Waals surface area contributed by atoms with E-state index in [2.05, 4.69) is 17.0 Å². The number of carbonyl (C=O) groups excluding carboxylic acids is 1. The molecule has 4 rings (SSSR count). The van der Waals surface area contributed by atoms with Crippen LogP contribution < -0.4 is 0 Å². The first-order chi connectivity index (χ1) is 13.3. The van der Waals surface area contributed by atoms with Crippen LogP contribution in [0.3, 0.4) is 0 Å². The zero-order valence-electron chi connectivity index (χ0n) is 15.8. The van der Waals surface area contributed by atoms with Crippen molar-refractivity contribution in [3.63, 3.8) is 0 Å². The summed E-state index contributed by atoms with van der Waals surface area (Å²) in [7, 11) is 0. The van der Waals surface area contributed by atoms with E-state index in [9.17, 15) is 4.79 Å². The number of carbonyl (C=O) groups is 1. The molecule has 2 aliphatic heterocycles. The van der Waals surface area contributed by atoms with Crippen molar-refractivity contribution in [2.24, 2.45) is 0 Å². The van der Waals surface area contributed by atoms with Gasteiger partial charge in [-0.05, 0) is 43.0 Å². The highest BCUT2D eigenvalue weighted by Crippen LogP contribution is 2.25. The zero-order valence-corrected chi connectivity index (χ0v) is 15.8. The van der Waals surface area contributed by atoms with Crippen molar-refractivity contribution >= 4 is 5.91 Å². The van der Waals surface area contributed by atoms with Crippen molar-refractivity contribution in [1.82, 2.24) is 9.80 Å². The second-order valence-electron chi connectivity index (χ2n) is 7.49. The van der Waals surface area contributed by atoms with Gasteiger partial charge in [0.15, 0.2) is 0 Å². The van der Waals surface area contributed by atoms with Crippen LogP contribution >= 0.6 is 0 Å². The van der Waals surface area contributed by atoms with Crippen LogP contribution in [0.4, 0.5) is 0 Å². The molecule has 0 bridgehead atoms. The first kappa shape index (κ1) is 18.2. The highest BCUT2D eigenvalue weighted by molar-refractivity contribution is 6.00. The number of amides is 1. The summed E-state index contributed by atoms with van der Waals surface area (Å²) in [4.78, 5) is 17.8. The molecule has 2 aromatic carbocycles. The second kappa shape index (κ2) is 8.68. The smallest absolute Gasteiger partial charge is 0.254 e. The molecule has 2 heterocycles. The van der Waals surface area contributed by atoms with E-state index in [-0.39, 0.29) is 5.91 Å². The molecule has 0 aliphatic carbocycles. The summed E-state index contributed by atoms with van der Waals surface area (Å²) in [5, 5.41) is 0. The van der Waals surface area contributed by atoms with Gasteiger partial charge in [-0.1, -0.05) is 48.5 Å². The Bertz CT molecular complexity index is 756. The minimum absolute atomic E-state index is 0.147. The van der Waals surface area contributed by atoms with Gasteiger partial charge in [0.25, 0.3) is 5.91 Å². The zero-order chi connectivity index (χ0) is 18.5. The maximum Gasteiger partial charge on any atom is 0.254 e. The van der Waals surface area contributed by atoms with E-state index in [1.807, 2.05) is 47.4 Å². The summed E-state index contributed by atoms with van der Waals surface area (Å²) >= 11 is 0. The third-order valence-electron chi connectivity index (χ3n) is 5.60. The molecule has 2 aromatic rings. The molecule has 2 fully saturated rings. The number of rotatable bonds is 4. The van der Waals surface area contributed by atoms with Crippen molar-refractivity contribution in [3.05, 3.63) is 60.2 Å². The summed E-state index contributed by atoms with van der Waals surface area (Å²) in [5.74, 6) is 0.147. The highest BCUT2D eigenvalue weighted by Gasteiger charge is 2.25. The van der Waals surface area contributed by atoms with Crippen LogP contribution in [-0.2, 0) is 4.74 Å². The summed E-state index contributed by atoms with van der Waals surface area (Å²) in [6.45, 7) is 5.49. The molecule has 0 radical (unpaired) electrons. The second-order valence-corrected chi connectivity index (χ2v) is 7.49. The molecule has 0 N–H and O–H groups in total.